The monoisotopic (exact) mass is 288 g/mol. The van der Waals surface area contributed by atoms with Crippen LogP contribution in [0.25, 0.3) is 0 Å². The highest BCUT2D eigenvalue weighted by molar-refractivity contribution is 6.30. The van der Waals surface area contributed by atoms with Crippen LogP contribution in [-0.4, -0.2) is 4.92 Å². The van der Waals surface area contributed by atoms with Crippen molar-refractivity contribution in [2.45, 2.75) is 0 Å². The summed E-state index contributed by atoms with van der Waals surface area (Å²) in [5.74, 6) is 0. The summed E-state index contributed by atoms with van der Waals surface area (Å²) < 4.78 is 0. The summed E-state index contributed by atoms with van der Waals surface area (Å²) in [6.45, 7) is 0. The smallest absolute Gasteiger partial charge is 0.273 e. The Balaban J connectivity index is 2.42. The molecule has 2 aromatic rings. The van der Waals surface area contributed by atoms with Gasteiger partial charge in [0.1, 0.15) is 6.07 Å². The molecule has 0 spiro atoms. The molecule has 0 saturated carbocycles. The van der Waals surface area contributed by atoms with Gasteiger partial charge in [-0.1, -0.05) is 11.6 Å². The Labute approximate surface area is 119 Å². The van der Waals surface area contributed by atoms with E-state index in [0.29, 0.717) is 22.0 Å². The van der Waals surface area contributed by atoms with Crippen molar-refractivity contribution in [3.8, 4) is 6.07 Å². The molecular formula is C13H9ClN4O2. The third-order valence-electron chi connectivity index (χ3n) is 2.53. The Kier molecular flexibility index (Phi) is 3.73. The number of halogens is 1. The molecule has 0 bridgehead atoms. The lowest BCUT2D eigenvalue weighted by Crippen LogP contribution is -1.97. The first-order chi connectivity index (χ1) is 9.49. The van der Waals surface area contributed by atoms with Crippen molar-refractivity contribution in [1.29, 1.82) is 5.26 Å². The van der Waals surface area contributed by atoms with Crippen molar-refractivity contribution in [2.75, 3.05) is 11.1 Å². The van der Waals surface area contributed by atoms with Gasteiger partial charge >= 0.3 is 0 Å². The second kappa shape index (κ2) is 5.47. The van der Waals surface area contributed by atoms with E-state index in [1.165, 1.54) is 18.2 Å². The third-order valence-corrected chi connectivity index (χ3v) is 2.77. The van der Waals surface area contributed by atoms with E-state index in [1.54, 1.807) is 18.2 Å². The number of nitrogen functional groups attached to an aromatic ring is 1. The maximum Gasteiger partial charge on any atom is 0.273 e. The van der Waals surface area contributed by atoms with Gasteiger partial charge in [-0.05, 0) is 24.3 Å². The van der Waals surface area contributed by atoms with E-state index >= 15 is 0 Å². The number of anilines is 3. The highest BCUT2D eigenvalue weighted by Gasteiger charge is 2.10. The molecule has 2 rings (SSSR count). The summed E-state index contributed by atoms with van der Waals surface area (Å²) in [6, 6.07) is 10.9. The van der Waals surface area contributed by atoms with Crippen molar-refractivity contribution < 1.29 is 4.92 Å². The van der Waals surface area contributed by atoms with Crippen molar-refractivity contribution >= 4 is 34.4 Å². The van der Waals surface area contributed by atoms with Gasteiger partial charge in [-0.3, -0.25) is 10.1 Å². The SMILES string of the molecule is N#Cc1ccc(Cl)cc1Nc1cc(N)cc([N+](=O)[O-])c1. The van der Waals surface area contributed by atoms with E-state index < -0.39 is 4.92 Å². The highest BCUT2D eigenvalue weighted by Crippen LogP contribution is 2.28. The average molecular weight is 289 g/mol. The standard InChI is InChI=1S/C13H9ClN4O2/c14-9-2-1-8(7-15)13(3-9)17-11-4-10(16)5-12(6-11)18(19)20/h1-6,17H,16H2. The van der Waals surface area contributed by atoms with Crippen molar-refractivity contribution in [3.05, 3.63) is 57.1 Å². The molecule has 3 N–H and O–H groups in total. The Morgan fingerprint density at radius 2 is 2.05 bits per heavy atom. The number of nitriles is 1. The molecule has 20 heavy (non-hydrogen) atoms. The number of nitro groups is 1. The summed E-state index contributed by atoms with van der Waals surface area (Å²) in [7, 11) is 0. The number of hydrogen-bond donors (Lipinski definition) is 2. The second-order valence-corrected chi connectivity index (χ2v) is 4.43. The van der Waals surface area contributed by atoms with E-state index in [4.69, 9.17) is 22.6 Å². The van der Waals surface area contributed by atoms with Gasteiger partial charge in [0.15, 0.2) is 0 Å². The van der Waals surface area contributed by atoms with E-state index in [9.17, 15) is 10.1 Å². The van der Waals surface area contributed by atoms with Gasteiger partial charge in [-0.2, -0.15) is 5.26 Å². The molecule has 0 radical (unpaired) electrons. The lowest BCUT2D eigenvalue weighted by Gasteiger charge is -2.09. The first-order valence-corrected chi connectivity index (χ1v) is 5.89. The molecule has 0 aliphatic rings. The highest BCUT2D eigenvalue weighted by atomic mass is 35.5. The molecule has 0 saturated heterocycles. The Morgan fingerprint density at radius 1 is 1.30 bits per heavy atom. The fraction of sp³-hybridized carbons (Fsp3) is 0. The summed E-state index contributed by atoms with van der Waals surface area (Å²) in [5, 5.41) is 23.2. The zero-order valence-electron chi connectivity index (χ0n) is 10.1. The van der Waals surface area contributed by atoms with Crippen molar-refractivity contribution in [3.63, 3.8) is 0 Å². The fourth-order valence-corrected chi connectivity index (χ4v) is 1.86. The van der Waals surface area contributed by atoms with Gasteiger partial charge in [0.05, 0.1) is 16.2 Å². The average Bonchev–Trinajstić information content (AvgIpc) is 2.38. The van der Waals surface area contributed by atoms with E-state index in [1.807, 2.05) is 6.07 Å². The molecule has 0 fully saturated rings. The van der Waals surface area contributed by atoms with Crippen LogP contribution in [0, 0.1) is 21.4 Å². The largest absolute Gasteiger partial charge is 0.398 e. The minimum absolute atomic E-state index is 0.131. The minimum atomic E-state index is -0.537. The lowest BCUT2D eigenvalue weighted by molar-refractivity contribution is -0.384. The predicted molar refractivity (Wildman–Crippen MR) is 77.0 cm³/mol. The molecule has 0 aromatic heterocycles. The predicted octanol–water partition coefficient (Wildman–Crippen LogP) is 3.45. The maximum atomic E-state index is 10.8. The van der Waals surface area contributed by atoms with Crippen LogP contribution in [0.4, 0.5) is 22.7 Å². The quantitative estimate of drug-likeness (QED) is 0.511. The van der Waals surface area contributed by atoms with Crippen LogP contribution in [0.1, 0.15) is 5.56 Å². The van der Waals surface area contributed by atoms with Crippen LogP contribution < -0.4 is 11.1 Å². The molecule has 2 aromatic carbocycles. The van der Waals surface area contributed by atoms with Crippen LogP contribution in [-0.2, 0) is 0 Å². The van der Waals surface area contributed by atoms with Gasteiger partial charge < -0.3 is 11.1 Å². The van der Waals surface area contributed by atoms with Gasteiger partial charge in [0.2, 0.25) is 0 Å². The fourth-order valence-electron chi connectivity index (χ4n) is 1.69. The first-order valence-electron chi connectivity index (χ1n) is 5.51. The Bertz CT molecular complexity index is 725. The summed E-state index contributed by atoms with van der Waals surface area (Å²) in [6.07, 6.45) is 0. The molecule has 0 unspecified atom stereocenters. The van der Waals surface area contributed by atoms with Gasteiger partial charge in [0, 0.05) is 28.5 Å². The van der Waals surface area contributed by atoms with E-state index in [2.05, 4.69) is 5.32 Å². The van der Waals surface area contributed by atoms with Gasteiger partial charge in [-0.25, -0.2) is 0 Å². The summed E-state index contributed by atoms with van der Waals surface area (Å²) >= 11 is 5.87. The number of nitrogens with zero attached hydrogens (tertiary/aromatic N) is 2. The minimum Gasteiger partial charge on any atom is -0.398 e. The molecule has 0 atom stereocenters. The van der Waals surface area contributed by atoms with Crippen LogP contribution in [0.3, 0.4) is 0 Å². The zero-order valence-corrected chi connectivity index (χ0v) is 10.9. The number of non-ortho nitro benzene ring substituents is 1. The molecule has 0 amide bonds. The number of nitrogens with two attached hydrogens (primary N) is 1. The number of hydrogen-bond acceptors (Lipinski definition) is 5. The molecule has 0 aliphatic heterocycles. The molecule has 100 valence electrons. The van der Waals surface area contributed by atoms with Crippen LogP contribution >= 0.6 is 11.6 Å². The van der Waals surface area contributed by atoms with E-state index in [-0.39, 0.29) is 11.4 Å². The van der Waals surface area contributed by atoms with Gasteiger partial charge in [0.25, 0.3) is 5.69 Å². The molecular weight excluding hydrogens is 280 g/mol. The summed E-state index contributed by atoms with van der Waals surface area (Å²) in [4.78, 5) is 10.2. The maximum absolute atomic E-state index is 10.8. The molecule has 6 nitrogen and oxygen atoms in total. The molecule has 0 heterocycles. The number of benzene rings is 2. The summed E-state index contributed by atoms with van der Waals surface area (Å²) in [5.41, 5.74) is 6.98. The number of nitrogens with one attached hydrogen (secondary N) is 1. The zero-order chi connectivity index (χ0) is 14.7. The Hall–Kier alpha value is -2.78. The van der Waals surface area contributed by atoms with E-state index in [0.717, 1.165) is 0 Å². The third kappa shape index (κ3) is 2.96. The van der Waals surface area contributed by atoms with Crippen molar-refractivity contribution in [2.24, 2.45) is 0 Å². The topological polar surface area (TPSA) is 105 Å². The number of nitro benzene ring substituents is 1. The molecule has 0 aliphatic carbocycles. The number of rotatable bonds is 3. The first kappa shape index (κ1) is 13.6. The lowest BCUT2D eigenvalue weighted by atomic mass is 10.1. The second-order valence-electron chi connectivity index (χ2n) is 4.00. The molecule has 7 heteroatoms. The Morgan fingerprint density at radius 3 is 2.70 bits per heavy atom. The van der Waals surface area contributed by atoms with Crippen LogP contribution in [0.2, 0.25) is 5.02 Å². The van der Waals surface area contributed by atoms with Crippen LogP contribution in [0.15, 0.2) is 36.4 Å². The van der Waals surface area contributed by atoms with Crippen molar-refractivity contribution in [1.82, 2.24) is 0 Å². The normalized spacial score (nSPS) is 9.80. The van der Waals surface area contributed by atoms with Crippen LogP contribution in [0.5, 0.6) is 0 Å². The van der Waals surface area contributed by atoms with Gasteiger partial charge in [-0.15, -0.1) is 0 Å².